The third-order valence-electron chi connectivity index (χ3n) is 5.34. The van der Waals surface area contributed by atoms with Gasteiger partial charge in [0.05, 0.1) is 31.1 Å². The summed E-state index contributed by atoms with van der Waals surface area (Å²) in [6.45, 7) is 4.20. The van der Waals surface area contributed by atoms with Gasteiger partial charge in [-0.3, -0.25) is 4.79 Å². The van der Waals surface area contributed by atoms with Gasteiger partial charge in [-0.1, -0.05) is 41.9 Å². The number of halogens is 1. The van der Waals surface area contributed by atoms with E-state index in [4.69, 9.17) is 9.47 Å². The van der Waals surface area contributed by atoms with Crippen LogP contribution in [-0.4, -0.2) is 59.8 Å². The first-order valence-corrected chi connectivity index (χ1v) is 10.6. The van der Waals surface area contributed by atoms with Gasteiger partial charge in [0.15, 0.2) is 0 Å². The molecule has 9 heteroatoms. The van der Waals surface area contributed by atoms with Gasteiger partial charge in [0, 0.05) is 24.5 Å². The number of amides is 2. The van der Waals surface area contributed by atoms with Crippen molar-refractivity contribution in [3.63, 3.8) is 0 Å². The molecular weight excluding hydrogens is 452 g/mol. The Kier molecular flexibility index (Phi) is 7.14. The summed E-state index contributed by atoms with van der Waals surface area (Å²) >= 11 is 3.44. The first-order chi connectivity index (χ1) is 14.3. The van der Waals surface area contributed by atoms with Gasteiger partial charge in [-0.05, 0) is 23.6 Å². The summed E-state index contributed by atoms with van der Waals surface area (Å²) in [6, 6.07) is 6.95. The lowest BCUT2D eigenvalue weighted by molar-refractivity contribution is -0.135. The van der Waals surface area contributed by atoms with Crippen LogP contribution in [0.15, 0.2) is 34.9 Å². The van der Waals surface area contributed by atoms with Crippen molar-refractivity contribution < 1.29 is 19.1 Å². The Balaban J connectivity index is 1.86. The third kappa shape index (κ3) is 4.84. The molecular formula is C21H27BrN4O4. The molecule has 0 bridgehead atoms. The molecule has 0 unspecified atom stereocenters. The van der Waals surface area contributed by atoms with Crippen LogP contribution in [0, 0.1) is 5.92 Å². The van der Waals surface area contributed by atoms with Crippen LogP contribution in [0.25, 0.3) is 11.3 Å². The number of nitrogens with one attached hydrogen (secondary N) is 2. The number of hydrogen-bond acceptors (Lipinski definition) is 5. The Morgan fingerprint density at radius 2 is 1.97 bits per heavy atom. The number of alkyl carbamates (subject to hydrolysis) is 1. The Morgan fingerprint density at radius 3 is 2.57 bits per heavy atom. The van der Waals surface area contributed by atoms with Crippen LogP contribution in [0.5, 0.6) is 0 Å². The molecule has 3 atom stereocenters. The van der Waals surface area contributed by atoms with E-state index in [2.05, 4.69) is 31.2 Å². The zero-order valence-corrected chi connectivity index (χ0v) is 19.1. The molecule has 0 spiro atoms. The minimum atomic E-state index is -0.698. The lowest BCUT2D eigenvalue weighted by atomic mass is 10.0. The first-order valence-electron chi connectivity index (χ1n) is 9.82. The van der Waals surface area contributed by atoms with Gasteiger partial charge in [0.1, 0.15) is 11.9 Å². The number of H-pyrrole nitrogens is 1. The highest BCUT2D eigenvalue weighted by Gasteiger charge is 2.41. The number of carbonyl (C=O) groups is 2. The Morgan fingerprint density at radius 1 is 1.27 bits per heavy atom. The number of imidazole rings is 1. The number of benzene rings is 1. The predicted octanol–water partition coefficient (Wildman–Crippen LogP) is 3.51. The van der Waals surface area contributed by atoms with Gasteiger partial charge in [-0.2, -0.15) is 0 Å². The second kappa shape index (κ2) is 9.61. The number of carbonyl (C=O) groups excluding carboxylic acids is 2. The van der Waals surface area contributed by atoms with Crippen molar-refractivity contribution in [3.05, 3.63) is 40.8 Å². The zero-order valence-electron chi connectivity index (χ0n) is 17.5. The van der Waals surface area contributed by atoms with E-state index in [9.17, 15) is 9.59 Å². The topological polar surface area (TPSA) is 96.6 Å². The number of aromatic amines is 1. The zero-order chi connectivity index (χ0) is 21.8. The second-order valence-electron chi connectivity index (χ2n) is 7.65. The lowest BCUT2D eigenvalue weighted by Gasteiger charge is -2.29. The van der Waals surface area contributed by atoms with Gasteiger partial charge in [-0.15, -0.1) is 0 Å². The smallest absolute Gasteiger partial charge is 0.407 e. The van der Waals surface area contributed by atoms with E-state index in [-0.39, 0.29) is 24.0 Å². The summed E-state index contributed by atoms with van der Waals surface area (Å²) in [7, 11) is 2.92. The molecule has 1 saturated heterocycles. The normalized spacial score (nSPS) is 19.7. The predicted molar refractivity (Wildman–Crippen MR) is 116 cm³/mol. The van der Waals surface area contributed by atoms with Crippen molar-refractivity contribution in [1.29, 1.82) is 0 Å². The minimum absolute atomic E-state index is 0.103. The van der Waals surface area contributed by atoms with Crippen LogP contribution in [0.4, 0.5) is 4.79 Å². The molecule has 3 rings (SSSR count). The monoisotopic (exact) mass is 478 g/mol. The van der Waals surface area contributed by atoms with Crippen molar-refractivity contribution in [2.45, 2.75) is 38.5 Å². The highest BCUT2D eigenvalue weighted by atomic mass is 79.9. The molecule has 2 N–H and O–H groups in total. The molecule has 1 fully saturated rings. The maximum absolute atomic E-state index is 13.4. The molecule has 0 radical (unpaired) electrons. The van der Waals surface area contributed by atoms with Gasteiger partial charge < -0.3 is 24.7 Å². The van der Waals surface area contributed by atoms with Crippen molar-refractivity contribution in [1.82, 2.24) is 20.2 Å². The third-order valence-corrected chi connectivity index (χ3v) is 5.87. The summed E-state index contributed by atoms with van der Waals surface area (Å²) in [5, 5.41) is 2.66. The van der Waals surface area contributed by atoms with E-state index in [1.807, 2.05) is 38.1 Å². The Labute approximate surface area is 184 Å². The summed E-state index contributed by atoms with van der Waals surface area (Å²) in [6.07, 6.45) is 1.66. The molecule has 162 valence electrons. The van der Waals surface area contributed by atoms with Crippen LogP contribution < -0.4 is 5.32 Å². The summed E-state index contributed by atoms with van der Waals surface area (Å²) in [5.41, 5.74) is 1.88. The van der Waals surface area contributed by atoms with E-state index < -0.39 is 12.1 Å². The molecule has 0 aliphatic carbocycles. The second-order valence-corrected chi connectivity index (χ2v) is 8.56. The van der Waals surface area contributed by atoms with E-state index in [0.717, 1.165) is 15.7 Å². The van der Waals surface area contributed by atoms with Crippen LogP contribution in [0.2, 0.25) is 0 Å². The Hall–Kier alpha value is -2.39. The fourth-order valence-corrected chi connectivity index (χ4v) is 3.90. The van der Waals surface area contributed by atoms with E-state index in [0.29, 0.717) is 18.8 Å². The fourth-order valence-electron chi connectivity index (χ4n) is 3.63. The van der Waals surface area contributed by atoms with Crippen molar-refractivity contribution in [2.24, 2.45) is 5.92 Å². The molecule has 1 aliphatic rings. The molecule has 1 aliphatic heterocycles. The van der Waals surface area contributed by atoms with Gasteiger partial charge in [0.2, 0.25) is 5.91 Å². The van der Waals surface area contributed by atoms with E-state index in [1.54, 1.807) is 18.2 Å². The van der Waals surface area contributed by atoms with Crippen LogP contribution >= 0.6 is 15.9 Å². The minimum Gasteiger partial charge on any atom is -0.453 e. The lowest BCUT2D eigenvalue weighted by Crippen LogP contribution is -2.51. The van der Waals surface area contributed by atoms with Gasteiger partial charge in [-0.25, -0.2) is 9.78 Å². The number of rotatable bonds is 6. The summed E-state index contributed by atoms with van der Waals surface area (Å²) < 4.78 is 11.2. The summed E-state index contributed by atoms with van der Waals surface area (Å²) in [5.74, 6) is 0.414. The average molecular weight is 479 g/mol. The van der Waals surface area contributed by atoms with E-state index >= 15 is 0 Å². The van der Waals surface area contributed by atoms with Crippen LogP contribution in [0.3, 0.4) is 0 Å². The highest BCUT2D eigenvalue weighted by molar-refractivity contribution is 9.10. The molecule has 8 nitrogen and oxygen atoms in total. The largest absolute Gasteiger partial charge is 0.453 e. The number of nitrogens with zero attached hydrogens (tertiary/aromatic N) is 2. The SMILES string of the molecule is COC(=O)N[C@H](C(=O)N1C[C@@H](OC)C[C@H]1c1ncc(-c2ccc(Br)cc2)[nH]1)C(C)C. The van der Waals surface area contributed by atoms with Gasteiger partial charge in [0.25, 0.3) is 0 Å². The van der Waals surface area contributed by atoms with Crippen LogP contribution in [0.1, 0.15) is 32.1 Å². The number of ether oxygens (including phenoxy) is 2. The van der Waals surface area contributed by atoms with Crippen molar-refractivity contribution in [2.75, 3.05) is 20.8 Å². The summed E-state index contributed by atoms with van der Waals surface area (Å²) in [4.78, 5) is 34.7. The average Bonchev–Trinajstić information content (AvgIpc) is 3.38. The molecule has 1 aromatic carbocycles. The number of aromatic nitrogens is 2. The maximum Gasteiger partial charge on any atom is 0.407 e. The molecule has 1 aromatic heterocycles. The van der Waals surface area contributed by atoms with Crippen molar-refractivity contribution >= 4 is 27.9 Å². The van der Waals surface area contributed by atoms with Gasteiger partial charge >= 0.3 is 6.09 Å². The van der Waals surface area contributed by atoms with Crippen molar-refractivity contribution in [3.8, 4) is 11.3 Å². The molecule has 2 amide bonds. The maximum atomic E-state index is 13.4. The van der Waals surface area contributed by atoms with E-state index in [1.165, 1.54) is 7.11 Å². The molecule has 0 saturated carbocycles. The Bertz CT molecular complexity index is 883. The highest BCUT2D eigenvalue weighted by Crippen LogP contribution is 2.34. The molecule has 30 heavy (non-hydrogen) atoms. The number of likely N-dealkylation sites (tertiary alicyclic amines) is 1. The first kappa shape index (κ1) is 22.3. The molecule has 2 heterocycles. The number of methoxy groups -OCH3 is 2. The standard InChI is InChI=1S/C21H27BrN4O4/c1-12(2)18(25-21(28)30-4)20(27)26-11-15(29-3)9-17(26)19-23-10-16(24-19)13-5-7-14(22)8-6-13/h5-8,10,12,15,17-18H,9,11H2,1-4H3,(H,23,24)(H,25,28)/t15-,17-,18-/m0/s1. The fraction of sp³-hybridized carbons (Fsp3) is 0.476. The quantitative estimate of drug-likeness (QED) is 0.661. The van der Waals surface area contributed by atoms with Crippen LogP contribution in [-0.2, 0) is 14.3 Å². The number of hydrogen-bond donors (Lipinski definition) is 2. The molecule has 2 aromatic rings.